The number of carbonyl (C=O) groups excluding carboxylic acids is 1. The summed E-state index contributed by atoms with van der Waals surface area (Å²) in [5.41, 5.74) is 2.01. The van der Waals surface area contributed by atoms with E-state index in [0.717, 1.165) is 33.5 Å². The number of thioether (sulfide) groups is 1. The van der Waals surface area contributed by atoms with Crippen molar-refractivity contribution in [2.24, 2.45) is 7.05 Å². The smallest absolute Gasteiger partial charge is 0.234 e. The fourth-order valence-corrected chi connectivity index (χ4v) is 3.78. The first kappa shape index (κ1) is 16.7. The van der Waals surface area contributed by atoms with E-state index in [1.807, 2.05) is 53.4 Å². The summed E-state index contributed by atoms with van der Waals surface area (Å²) < 4.78 is 1.92. The molecule has 1 amide bonds. The van der Waals surface area contributed by atoms with Crippen molar-refractivity contribution in [2.75, 3.05) is 11.1 Å². The van der Waals surface area contributed by atoms with Gasteiger partial charge in [-0.3, -0.25) is 4.79 Å². The van der Waals surface area contributed by atoms with Gasteiger partial charge in [-0.15, -0.1) is 21.5 Å². The van der Waals surface area contributed by atoms with E-state index in [1.54, 1.807) is 11.3 Å². The van der Waals surface area contributed by atoms with Crippen LogP contribution in [0.25, 0.3) is 10.7 Å². The van der Waals surface area contributed by atoms with E-state index < -0.39 is 0 Å². The molecular weight excluding hydrogens is 340 g/mol. The molecule has 3 aromatic rings. The first-order valence-electron chi connectivity index (χ1n) is 7.63. The average Bonchev–Trinajstić information content (AvgIpc) is 3.23. The lowest BCUT2D eigenvalue weighted by molar-refractivity contribution is -0.113. The number of rotatable bonds is 6. The summed E-state index contributed by atoms with van der Waals surface area (Å²) in [6.45, 7) is 2.07. The topological polar surface area (TPSA) is 59.8 Å². The van der Waals surface area contributed by atoms with Crippen LogP contribution in [0.3, 0.4) is 0 Å². The number of aryl methyl sites for hydroxylation is 1. The zero-order valence-corrected chi connectivity index (χ0v) is 15.2. The minimum Gasteiger partial charge on any atom is -0.325 e. The number of carbonyl (C=O) groups is 1. The van der Waals surface area contributed by atoms with E-state index in [2.05, 4.69) is 22.4 Å². The summed E-state index contributed by atoms with van der Waals surface area (Å²) in [5.74, 6) is 1.08. The molecule has 0 saturated heterocycles. The van der Waals surface area contributed by atoms with E-state index in [4.69, 9.17) is 0 Å². The Kier molecular flexibility index (Phi) is 5.32. The normalized spacial score (nSPS) is 10.8. The maximum absolute atomic E-state index is 12.2. The SMILES string of the molecule is CCc1ccccc1NC(=O)CSc1nnc(-c2cccs2)n1C. The van der Waals surface area contributed by atoms with Crippen LogP contribution in [0.1, 0.15) is 12.5 Å². The van der Waals surface area contributed by atoms with Crippen LogP contribution in [-0.4, -0.2) is 26.4 Å². The quantitative estimate of drug-likeness (QED) is 0.680. The lowest BCUT2D eigenvalue weighted by Gasteiger charge is -2.09. The summed E-state index contributed by atoms with van der Waals surface area (Å²) in [6.07, 6.45) is 0.886. The summed E-state index contributed by atoms with van der Waals surface area (Å²) >= 11 is 3.01. The predicted molar refractivity (Wildman–Crippen MR) is 99.5 cm³/mol. The van der Waals surface area contributed by atoms with Gasteiger partial charge in [0.05, 0.1) is 10.6 Å². The lowest BCUT2D eigenvalue weighted by Crippen LogP contribution is -2.15. The van der Waals surface area contributed by atoms with Gasteiger partial charge in [0.2, 0.25) is 5.91 Å². The van der Waals surface area contributed by atoms with Crippen molar-refractivity contribution < 1.29 is 4.79 Å². The Bertz CT molecular complexity index is 827. The molecule has 1 N–H and O–H groups in total. The van der Waals surface area contributed by atoms with Crippen molar-refractivity contribution in [3.05, 3.63) is 47.3 Å². The van der Waals surface area contributed by atoms with Gasteiger partial charge in [0.15, 0.2) is 11.0 Å². The summed E-state index contributed by atoms with van der Waals surface area (Å²) in [5, 5.41) is 14.1. The molecule has 0 fully saturated rings. The average molecular weight is 358 g/mol. The lowest BCUT2D eigenvalue weighted by atomic mass is 10.1. The molecule has 0 aliphatic carbocycles. The molecule has 5 nitrogen and oxygen atoms in total. The van der Waals surface area contributed by atoms with E-state index in [9.17, 15) is 4.79 Å². The molecule has 0 aliphatic rings. The molecule has 24 heavy (non-hydrogen) atoms. The molecular formula is C17H18N4OS2. The van der Waals surface area contributed by atoms with Crippen LogP contribution in [0.15, 0.2) is 46.9 Å². The summed E-state index contributed by atoms with van der Waals surface area (Å²) in [6, 6.07) is 11.9. The van der Waals surface area contributed by atoms with Gasteiger partial charge in [0.1, 0.15) is 0 Å². The molecule has 0 atom stereocenters. The second kappa shape index (κ2) is 7.63. The highest BCUT2D eigenvalue weighted by Gasteiger charge is 2.14. The maximum Gasteiger partial charge on any atom is 0.234 e. The monoisotopic (exact) mass is 358 g/mol. The van der Waals surface area contributed by atoms with E-state index in [-0.39, 0.29) is 5.91 Å². The van der Waals surface area contributed by atoms with Crippen LogP contribution < -0.4 is 5.32 Å². The van der Waals surface area contributed by atoms with E-state index >= 15 is 0 Å². The van der Waals surface area contributed by atoms with Crippen LogP contribution in [0.5, 0.6) is 0 Å². The van der Waals surface area contributed by atoms with Crippen molar-refractivity contribution in [1.82, 2.24) is 14.8 Å². The molecule has 0 unspecified atom stereocenters. The number of thiophene rings is 1. The third-order valence-electron chi connectivity index (χ3n) is 3.58. The zero-order chi connectivity index (χ0) is 16.9. The molecule has 0 aliphatic heterocycles. The van der Waals surface area contributed by atoms with Crippen molar-refractivity contribution in [3.8, 4) is 10.7 Å². The highest BCUT2D eigenvalue weighted by molar-refractivity contribution is 7.99. The van der Waals surface area contributed by atoms with Crippen molar-refractivity contribution in [1.29, 1.82) is 0 Å². The molecule has 7 heteroatoms. The fourth-order valence-electron chi connectivity index (χ4n) is 2.33. The molecule has 0 radical (unpaired) electrons. The van der Waals surface area contributed by atoms with E-state index in [0.29, 0.717) is 5.75 Å². The molecule has 0 bridgehead atoms. The zero-order valence-electron chi connectivity index (χ0n) is 13.5. The van der Waals surface area contributed by atoms with Gasteiger partial charge >= 0.3 is 0 Å². The van der Waals surface area contributed by atoms with Gasteiger partial charge < -0.3 is 9.88 Å². The highest BCUT2D eigenvalue weighted by atomic mass is 32.2. The van der Waals surface area contributed by atoms with Crippen LogP contribution >= 0.6 is 23.1 Å². The second-order valence-electron chi connectivity index (χ2n) is 5.19. The Labute approximate surface area is 149 Å². The van der Waals surface area contributed by atoms with Crippen LogP contribution in [-0.2, 0) is 18.3 Å². The number of anilines is 1. The van der Waals surface area contributed by atoms with Crippen LogP contribution in [0.2, 0.25) is 0 Å². The highest BCUT2D eigenvalue weighted by Crippen LogP contribution is 2.26. The number of hydrogen-bond acceptors (Lipinski definition) is 5. The number of amides is 1. The second-order valence-corrected chi connectivity index (χ2v) is 7.08. The summed E-state index contributed by atoms with van der Waals surface area (Å²) in [4.78, 5) is 13.3. The van der Waals surface area contributed by atoms with Gasteiger partial charge in [-0.25, -0.2) is 0 Å². The Hall–Kier alpha value is -2.12. The number of benzene rings is 1. The number of aromatic nitrogens is 3. The minimum absolute atomic E-state index is 0.0402. The van der Waals surface area contributed by atoms with E-state index in [1.165, 1.54) is 11.8 Å². The molecule has 0 spiro atoms. The molecule has 2 heterocycles. The van der Waals surface area contributed by atoms with Crippen molar-refractivity contribution in [3.63, 3.8) is 0 Å². The Morgan fingerprint density at radius 1 is 1.25 bits per heavy atom. The molecule has 2 aromatic heterocycles. The maximum atomic E-state index is 12.2. The molecule has 3 rings (SSSR count). The Morgan fingerprint density at radius 3 is 2.83 bits per heavy atom. The number of para-hydroxylation sites is 1. The third-order valence-corrected chi connectivity index (χ3v) is 5.47. The molecule has 1 aromatic carbocycles. The largest absolute Gasteiger partial charge is 0.325 e. The number of nitrogens with one attached hydrogen (secondary N) is 1. The van der Waals surface area contributed by atoms with Crippen LogP contribution in [0, 0.1) is 0 Å². The van der Waals surface area contributed by atoms with Gasteiger partial charge in [-0.05, 0) is 29.5 Å². The van der Waals surface area contributed by atoms with Crippen molar-refractivity contribution >= 4 is 34.7 Å². The van der Waals surface area contributed by atoms with Gasteiger partial charge in [-0.1, -0.05) is 43.0 Å². The van der Waals surface area contributed by atoms with Gasteiger partial charge in [-0.2, -0.15) is 0 Å². The first-order valence-corrected chi connectivity index (χ1v) is 9.49. The van der Waals surface area contributed by atoms with Gasteiger partial charge in [0, 0.05) is 12.7 Å². The Morgan fingerprint density at radius 2 is 2.08 bits per heavy atom. The van der Waals surface area contributed by atoms with Gasteiger partial charge in [0.25, 0.3) is 0 Å². The molecule has 0 saturated carbocycles. The minimum atomic E-state index is -0.0402. The fraction of sp³-hybridized carbons (Fsp3) is 0.235. The number of hydrogen-bond donors (Lipinski definition) is 1. The standard InChI is InChI=1S/C17H18N4OS2/c1-3-12-7-4-5-8-13(12)18-15(22)11-24-17-20-19-16(21(17)2)14-9-6-10-23-14/h4-10H,3,11H2,1-2H3,(H,18,22). The summed E-state index contributed by atoms with van der Waals surface area (Å²) in [7, 11) is 1.92. The van der Waals surface area contributed by atoms with Crippen LogP contribution in [0.4, 0.5) is 5.69 Å². The first-order chi connectivity index (χ1) is 11.7. The number of nitrogens with zero attached hydrogens (tertiary/aromatic N) is 3. The Balaban J connectivity index is 1.63. The van der Waals surface area contributed by atoms with Crippen molar-refractivity contribution in [2.45, 2.75) is 18.5 Å². The third kappa shape index (κ3) is 3.68. The molecule has 124 valence electrons. The predicted octanol–water partition coefficient (Wildman–Crippen LogP) is 3.84.